The first-order chi connectivity index (χ1) is 17.4. The van der Waals surface area contributed by atoms with Gasteiger partial charge in [-0.1, -0.05) is 32.3 Å². The Balaban J connectivity index is 0.000000253. The summed E-state index contributed by atoms with van der Waals surface area (Å²) in [5.74, 6) is 1.58. The Kier molecular flexibility index (Phi) is 11.5. The van der Waals surface area contributed by atoms with Gasteiger partial charge in [-0.3, -0.25) is 0 Å². The van der Waals surface area contributed by atoms with E-state index in [9.17, 15) is 0 Å². The van der Waals surface area contributed by atoms with E-state index in [1.807, 2.05) is 30.6 Å². The van der Waals surface area contributed by atoms with Crippen LogP contribution >= 0.6 is 11.3 Å². The summed E-state index contributed by atoms with van der Waals surface area (Å²) in [6.07, 6.45) is 14.9. The van der Waals surface area contributed by atoms with Gasteiger partial charge in [-0.25, -0.2) is 4.98 Å². The average molecular weight is 510 g/mol. The first-order valence-electron chi connectivity index (χ1n) is 13.9. The number of nitrogens with one attached hydrogen (secondary N) is 1. The van der Waals surface area contributed by atoms with Crippen LogP contribution in [0.15, 0.2) is 35.7 Å². The number of pyridine rings is 1. The summed E-state index contributed by atoms with van der Waals surface area (Å²) in [6, 6.07) is 6.38. The monoisotopic (exact) mass is 509 g/mol. The fourth-order valence-corrected chi connectivity index (χ4v) is 5.75. The highest BCUT2D eigenvalue weighted by Crippen LogP contribution is 2.41. The number of nitrogens with zero attached hydrogens (tertiary/aromatic N) is 2. The molecule has 198 valence electrons. The van der Waals surface area contributed by atoms with Crippen molar-refractivity contribution in [2.24, 2.45) is 5.92 Å². The van der Waals surface area contributed by atoms with Gasteiger partial charge in [-0.05, 0) is 107 Å². The Labute approximate surface area is 223 Å². The summed E-state index contributed by atoms with van der Waals surface area (Å²) < 4.78 is 5.20. The number of piperidine rings is 1. The standard InChI is InChI=1S/C20H24N2OS.C11H23N/c1-13(21-3)10-17-11-18(24-14(17)2)20(15-6-5-7-15)16-8-9-19(23-4)22-12-16;1-3-11(2)7-10-12-8-5-4-6-9-12/h8-12,21H,5-7H2,1-4H3;11H,3-10H2,1-2H3/b13-10+;. The normalized spacial score (nSPS) is 17.1. The van der Waals surface area contributed by atoms with Crippen LogP contribution in [-0.2, 0) is 0 Å². The first kappa shape index (κ1) is 28.5. The summed E-state index contributed by atoms with van der Waals surface area (Å²) in [5.41, 5.74) is 6.56. The molecule has 2 aromatic rings. The second-order valence-corrected chi connectivity index (χ2v) is 11.6. The van der Waals surface area contributed by atoms with Gasteiger partial charge in [0.15, 0.2) is 0 Å². The van der Waals surface area contributed by atoms with Gasteiger partial charge in [-0.15, -0.1) is 11.3 Å². The highest BCUT2D eigenvalue weighted by atomic mass is 32.1. The molecule has 1 aliphatic carbocycles. The van der Waals surface area contributed by atoms with Gasteiger partial charge in [-0.2, -0.15) is 0 Å². The lowest BCUT2D eigenvalue weighted by Crippen LogP contribution is -2.31. The van der Waals surface area contributed by atoms with Crippen LogP contribution < -0.4 is 10.1 Å². The molecular weight excluding hydrogens is 462 g/mol. The van der Waals surface area contributed by atoms with E-state index in [1.54, 1.807) is 12.7 Å². The van der Waals surface area contributed by atoms with Gasteiger partial charge in [0.1, 0.15) is 0 Å². The minimum absolute atomic E-state index is 0.660. The average Bonchev–Trinajstić information content (AvgIpc) is 3.24. The molecule has 2 fully saturated rings. The summed E-state index contributed by atoms with van der Waals surface area (Å²) in [7, 11) is 3.61. The topological polar surface area (TPSA) is 37.4 Å². The second kappa shape index (κ2) is 14.6. The molecule has 0 bridgehead atoms. The number of methoxy groups -OCH3 is 1. The third-order valence-corrected chi connectivity index (χ3v) is 8.68. The van der Waals surface area contributed by atoms with Crippen molar-refractivity contribution in [3.05, 3.63) is 56.5 Å². The number of hydrogen-bond donors (Lipinski definition) is 1. The molecule has 36 heavy (non-hydrogen) atoms. The number of ether oxygens (including phenoxy) is 1. The molecule has 4 rings (SSSR count). The molecule has 4 nitrogen and oxygen atoms in total. The van der Waals surface area contributed by atoms with Crippen molar-refractivity contribution >= 4 is 23.0 Å². The van der Waals surface area contributed by atoms with E-state index >= 15 is 0 Å². The van der Waals surface area contributed by atoms with Crippen LogP contribution in [0.5, 0.6) is 5.88 Å². The minimum Gasteiger partial charge on any atom is -0.481 e. The zero-order valence-electron chi connectivity index (χ0n) is 23.5. The molecule has 1 saturated carbocycles. The van der Waals surface area contributed by atoms with Crippen molar-refractivity contribution in [2.45, 2.75) is 79.1 Å². The summed E-state index contributed by atoms with van der Waals surface area (Å²) in [5, 5.41) is 3.20. The second-order valence-electron chi connectivity index (χ2n) is 10.3. The fourth-order valence-electron chi connectivity index (χ4n) is 4.63. The molecule has 1 atom stereocenters. The van der Waals surface area contributed by atoms with Gasteiger partial charge in [0.25, 0.3) is 0 Å². The quantitative estimate of drug-likeness (QED) is 0.372. The van der Waals surface area contributed by atoms with Crippen LogP contribution in [0.4, 0.5) is 0 Å². The summed E-state index contributed by atoms with van der Waals surface area (Å²) in [6.45, 7) is 13.0. The van der Waals surface area contributed by atoms with Crippen LogP contribution in [0.2, 0.25) is 0 Å². The van der Waals surface area contributed by atoms with E-state index in [0.717, 1.165) is 5.92 Å². The molecule has 0 spiro atoms. The maximum Gasteiger partial charge on any atom is 0.212 e. The minimum atomic E-state index is 0.660. The fraction of sp³-hybridized carbons (Fsp3) is 0.581. The van der Waals surface area contributed by atoms with Crippen LogP contribution in [0, 0.1) is 12.8 Å². The molecule has 1 unspecified atom stereocenters. The number of likely N-dealkylation sites (tertiary alicyclic amines) is 1. The Bertz CT molecular complexity index is 993. The SMILES string of the molecule is CCC(C)CCN1CCCCC1.CN/C(C)=C/c1cc(C(=C2CCC2)c2ccc(OC)nc2)sc1C. The third kappa shape index (κ3) is 8.21. The number of allylic oxidation sites excluding steroid dienone is 2. The van der Waals surface area contributed by atoms with E-state index in [-0.39, 0.29) is 0 Å². The van der Waals surface area contributed by atoms with Crippen LogP contribution in [-0.4, -0.2) is 43.7 Å². The first-order valence-corrected chi connectivity index (χ1v) is 14.7. The van der Waals surface area contributed by atoms with Crippen molar-refractivity contribution in [1.82, 2.24) is 15.2 Å². The Morgan fingerprint density at radius 2 is 1.94 bits per heavy atom. The van der Waals surface area contributed by atoms with Crippen molar-refractivity contribution in [3.8, 4) is 5.88 Å². The number of rotatable bonds is 9. The summed E-state index contributed by atoms with van der Waals surface area (Å²) in [4.78, 5) is 9.72. The predicted octanol–water partition coefficient (Wildman–Crippen LogP) is 7.93. The van der Waals surface area contributed by atoms with Gasteiger partial charge in [0, 0.05) is 40.3 Å². The van der Waals surface area contributed by atoms with Crippen molar-refractivity contribution < 1.29 is 4.74 Å². The smallest absolute Gasteiger partial charge is 0.212 e. The number of thiophene rings is 1. The molecule has 1 saturated heterocycles. The zero-order valence-corrected chi connectivity index (χ0v) is 24.3. The molecule has 2 aliphatic rings. The lowest BCUT2D eigenvalue weighted by molar-refractivity contribution is 0.214. The molecule has 3 heterocycles. The Morgan fingerprint density at radius 1 is 1.19 bits per heavy atom. The highest BCUT2D eigenvalue weighted by molar-refractivity contribution is 7.13. The van der Waals surface area contributed by atoms with Gasteiger partial charge < -0.3 is 15.0 Å². The third-order valence-electron chi connectivity index (χ3n) is 7.60. The lowest BCUT2D eigenvalue weighted by Gasteiger charge is -2.27. The van der Waals surface area contributed by atoms with E-state index in [2.05, 4.69) is 61.1 Å². The van der Waals surface area contributed by atoms with Gasteiger partial charge >= 0.3 is 0 Å². The van der Waals surface area contributed by atoms with Crippen LogP contribution in [0.3, 0.4) is 0 Å². The van der Waals surface area contributed by atoms with E-state index in [1.165, 1.54) is 103 Å². The van der Waals surface area contributed by atoms with E-state index in [0.29, 0.717) is 5.88 Å². The molecule has 0 aromatic carbocycles. The van der Waals surface area contributed by atoms with Crippen molar-refractivity contribution in [3.63, 3.8) is 0 Å². The molecular formula is C31H47N3OS. The van der Waals surface area contributed by atoms with Gasteiger partial charge in [0.05, 0.1) is 7.11 Å². The van der Waals surface area contributed by atoms with Crippen LogP contribution in [0.25, 0.3) is 11.6 Å². The maximum atomic E-state index is 5.20. The number of aromatic nitrogens is 1. The maximum absolute atomic E-state index is 5.20. The number of hydrogen-bond acceptors (Lipinski definition) is 5. The van der Waals surface area contributed by atoms with E-state index in [4.69, 9.17) is 4.74 Å². The van der Waals surface area contributed by atoms with Crippen molar-refractivity contribution in [1.29, 1.82) is 0 Å². The van der Waals surface area contributed by atoms with Crippen molar-refractivity contribution in [2.75, 3.05) is 33.8 Å². The highest BCUT2D eigenvalue weighted by Gasteiger charge is 2.20. The molecule has 0 amide bonds. The molecule has 0 radical (unpaired) electrons. The molecule has 1 aliphatic heterocycles. The molecule has 2 aromatic heterocycles. The van der Waals surface area contributed by atoms with Gasteiger partial charge in [0.2, 0.25) is 5.88 Å². The lowest BCUT2D eigenvalue weighted by atomic mass is 9.85. The Hall–Kier alpha value is -2.11. The van der Waals surface area contributed by atoms with Crippen LogP contribution in [0.1, 0.15) is 93.0 Å². The molecule has 1 N–H and O–H groups in total. The molecule has 5 heteroatoms. The largest absolute Gasteiger partial charge is 0.481 e. The van der Waals surface area contributed by atoms with E-state index < -0.39 is 0 Å². The Morgan fingerprint density at radius 3 is 2.50 bits per heavy atom. The summed E-state index contributed by atoms with van der Waals surface area (Å²) >= 11 is 1.87. The predicted molar refractivity (Wildman–Crippen MR) is 157 cm³/mol. The number of aryl methyl sites for hydroxylation is 1. The zero-order chi connectivity index (χ0) is 25.9.